The van der Waals surface area contributed by atoms with Crippen LogP contribution in [-0.4, -0.2) is 27.1 Å². The van der Waals surface area contributed by atoms with Crippen LogP contribution in [0.25, 0.3) is 11.3 Å². The maximum atomic E-state index is 11.5. The Morgan fingerprint density at radius 1 is 1.17 bits per heavy atom. The molecule has 0 aliphatic rings. The first-order chi connectivity index (χ1) is 14.6. The second kappa shape index (κ2) is 10.7. The summed E-state index contributed by atoms with van der Waals surface area (Å²) in [6.07, 6.45) is 3.77. The van der Waals surface area contributed by atoms with Crippen molar-refractivity contribution in [2.24, 2.45) is 0 Å². The molecule has 0 radical (unpaired) electrons. The molecule has 6 nitrogen and oxygen atoms in total. The highest BCUT2D eigenvalue weighted by Gasteiger charge is 2.17. The predicted molar refractivity (Wildman–Crippen MR) is 122 cm³/mol. The van der Waals surface area contributed by atoms with Crippen molar-refractivity contribution in [3.63, 3.8) is 0 Å². The van der Waals surface area contributed by atoms with E-state index in [1.54, 1.807) is 6.07 Å². The first-order valence-electron chi connectivity index (χ1n) is 9.95. The number of aromatic nitrogens is 2. The fourth-order valence-electron chi connectivity index (χ4n) is 2.99. The number of anilines is 1. The van der Waals surface area contributed by atoms with Crippen LogP contribution in [0, 0.1) is 0 Å². The maximum absolute atomic E-state index is 11.5. The minimum absolute atomic E-state index is 0.495. The molecule has 0 fully saturated rings. The average Bonchev–Trinajstić information content (AvgIpc) is 2.76. The number of benzene rings is 2. The van der Waals surface area contributed by atoms with Crippen molar-refractivity contribution in [1.29, 1.82) is 0 Å². The van der Waals surface area contributed by atoms with Crippen LogP contribution in [0.2, 0.25) is 0 Å². The van der Waals surface area contributed by atoms with Crippen LogP contribution >= 0.6 is 9.24 Å². The molecular formula is C23H26N3O3P. The van der Waals surface area contributed by atoms with Crippen LogP contribution in [0.15, 0.2) is 60.9 Å². The zero-order valence-corrected chi connectivity index (χ0v) is 18.1. The van der Waals surface area contributed by atoms with E-state index < -0.39 is 12.0 Å². The van der Waals surface area contributed by atoms with E-state index in [1.807, 2.05) is 55.5 Å². The lowest BCUT2D eigenvalue weighted by molar-refractivity contribution is -0.138. The summed E-state index contributed by atoms with van der Waals surface area (Å²) in [6.45, 7) is 2.53. The molecule has 7 heteroatoms. The minimum Gasteiger partial charge on any atom is -0.489 e. The summed E-state index contributed by atoms with van der Waals surface area (Å²) in [5.41, 5.74) is 2.74. The lowest BCUT2D eigenvalue weighted by Gasteiger charge is -2.15. The first kappa shape index (κ1) is 21.7. The zero-order valence-electron chi connectivity index (χ0n) is 16.9. The standard InChI is InChI=1S/C23H26N3O3P/c1-2-3-7-19(23(27)28)26-22-13-20(24-15-25-22)16-9-11-18(12-10-16)29-14-17-6-4-5-8-21(17)30/h4-6,8-13,15,19H,2-3,7,14,30H2,1H3,(H,27,28)(H,24,25,26). The largest absolute Gasteiger partial charge is 0.489 e. The number of carboxylic acid groups (broad SMARTS) is 1. The van der Waals surface area contributed by atoms with Crippen LogP contribution < -0.4 is 15.4 Å². The van der Waals surface area contributed by atoms with Crippen LogP contribution in [0.1, 0.15) is 31.7 Å². The number of carboxylic acids is 1. The monoisotopic (exact) mass is 423 g/mol. The lowest BCUT2D eigenvalue weighted by Crippen LogP contribution is -2.29. The molecule has 30 heavy (non-hydrogen) atoms. The summed E-state index contributed by atoms with van der Waals surface area (Å²) < 4.78 is 5.88. The molecule has 0 saturated carbocycles. The molecule has 1 heterocycles. The summed E-state index contributed by atoms with van der Waals surface area (Å²) in [5.74, 6) is 0.392. The van der Waals surface area contributed by atoms with Gasteiger partial charge in [0.05, 0.1) is 5.69 Å². The SMILES string of the molecule is CCCCC(Nc1cc(-c2ccc(OCc3ccccc3P)cc2)ncn1)C(=O)O. The molecule has 2 unspecified atom stereocenters. The van der Waals surface area contributed by atoms with Crippen molar-refractivity contribution in [1.82, 2.24) is 9.97 Å². The number of nitrogens with zero attached hydrogens (tertiary/aromatic N) is 2. The van der Waals surface area contributed by atoms with Crippen molar-refractivity contribution in [2.45, 2.75) is 38.8 Å². The summed E-state index contributed by atoms with van der Waals surface area (Å²) >= 11 is 0. The quantitative estimate of drug-likeness (QED) is 0.474. The Labute approximate surface area is 178 Å². The first-order valence-corrected chi connectivity index (χ1v) is 10.5. The number of nitrogens with one attached hydrogen (secondary N) is 1. The number of hydrogen-bond acceptors (Lipinski definition) is 5. The number of unbranched alkanes of at least 4 members (excludes halogenated alkanes) is 1. The van der Waals surface area contributed by atoms with Crippen LogP contribution in [0.5, 0.6) is 5.75 Å². The Morgan fingerprint density at radius 2 is 1.93 bits per heavy atom. The molecule has 0 aliphatic carbocycles. The maximum Gasteiger partial charge on any atom is 0.326 e. The number of aliphatic carboxylic acids is 1. The van der Waals surface area contributed by atoms with E-state index in [0.29, 0.717) is 24.5 Å². The fourth-order valence-corrected chi connectivity index (χ4v) is 3.28. The Balaban J connectivity index is 1.66. The molecule has 2 N–H and O–H groups in total. The van der Waals surface area contributed by atoms with E-state index in [4.69, 9.17) is 4.74 Å². The molecule has 1 aromatic heterocycles. The van der Waals surface area contributed by atoms with E-state index in [9.17, 15) is 9.90 Å². The van der Waals surface area contributed by atoms with Crippen molar-refractivity contribution < 1.29 is 14.6 Å². The molecule has 156 valence electrons. The molecular weight excluding hydrogens is 397 g/mol. The van der Waals surface area contributed by atoms with E-state index in [1.165, 1.54) is 6.33 Å². The second-order valence-electron chi connectivity index (χ2n) is 6.98. The van der Waals surface area contributed by atoms with Crippen LogP contribution in [0.4, 0.5) is 5.82 Å². The normalized spacial score (nSPS) is 11.7. The van der Waals surface area contributed by atoms with Gasteiger partial charge in [-0.15, -0.1) is 9.24 Å². The third-order valence-electron chi connectivity index (χ3n) is 4.73. The number of ether oxygens (including phenoxy) is 1. The Morgan fingerprint density at radius 3 is 2.63 bits per heavy atom. The Hall–Kier alpha value is -2.98. The molecule has 2 aromatic carbocycles. The van der Waals surface area contributed by atoms with Gasteiger partial charge in [0.2, 0.25) is 0 Å². The van der Waals surface area contributed by atoms with E-state index in [2.05, 4.69) is 24.5 Å². The van der Waals surface area contributed by atoms with Crippen molar-refractivity contribution >= 4 is 26.3 Å². The third-order valence-corrected chi connectivity index (χ3v) is 5.30. The van der Waals surface area contributed by atoms with Gasteiger partial charge < -0.3 is 15.2 Å². The van der Waals surface area contributed by atoms with E-state index >= 15 is 0 Å². The molecule has 0 spiro atoms. The summed E-state index contributed by atoms with van der Waals surface area (Å²) in [7, 11) is 2.71. The predicted octanol–water partition coefficient (Wildman–Crippen LogP) is 4.28. The van der Waals surface area contributed by atoms with Gasteiger partial charge in [0.25, 0.3) is 0 Å². The van der Waals surface area contributed by atoms with Gasteiger partial charge in [-0.3, -0.25) is 0 Å². The zero-order chi connectivity index (χ0) is 21.3. The van der Waals surface area contributed by atoms with Gasteiger partial charge in [0.1, 0.15) is 30.5 Å². The Kier molecular flexibility index (Phi) is 7.75. The van der Waals surface area contributed by atoms with Crippen LogP contribution in [0.3, 0.4) is 0 Å². The van der Waals surface area contributed by atoms with Gasteiger partial charge in [-0.2, -0.15) is 0 Å². The smallest absolute Gasteiger partial charge is 0.326 e. The molecule has 0 saturated heterocycles. The minimum atomic E-state index is -0.878. The van der Waals surface area contributed by atoms with Crippen molar-refractivity contribution in [2.75, 3.05) is 5.32 Å². The molecule has 0 aliphatic heterocycles. The summed E-state index contributed by atoms with van der Waals surface area (Å²) in [6, 6.07) is 16.8. The average molecular weight is 423 g/mol. The summed E-state index contributed by atoms with van der Waals surface area (Å²) in [4.78, 5) is 20.0. The topological polar surface area (TPSA) is 84.3 Å². The molecule has 0 bridgehead atoms. The van der Waals surface area contributed by atoms with E-state index in [-0.39, 0.29) is 0 Å². The highest BCUT2D eigenvalue weighted by atomic mass is 31.0. The lowest BCUT2D eigenvalue weighted by atomic mass is 10.1. The van der Waals surface area contributed by atoms with Gasteiger partial charge in [-0.1, -0.05) is 44.0 Å². The molecule has 2 atom stereocenters. The second-order valence-corrected chi connectivity index (χ2v) is 7.60. The van der Waals surface area contributed by atoms with Gasteiger partial charge in [0, 0.05) is 11.6 Å². The van der Waals surface area contributed by atoms with Gasteiger partial charge in [0.15, 0.2) is 0 Å². The molecule has 0 amide bonds. The van der Waals surface area contributed by atoms with Crippen LogP contribution in [-0.2, 0) is 11.4 Å². The molecule has 3 rings (SSSR count). The number of hydrogen-bond donors (Lipinski definition) is 2. The highest BCUT2D eigenvalue weighted by Crippen LogP contribution is 2.23. The van der Waals surface area contributed by atoms with Gasteiger partial charge in [-0.25, -0.2) is 14.8 Å². The molecule has 3 aromatic rings. The fraction of sp³-hybridized carbons (Fsp3) is 0.261. The van der Waals surface area contributed by atoms with Gasteiger partial charge in [-0.05, 0) is 41.6 Å². The third kappa shape index (κ3) is 6.01. The number of carbonyl (C=O) groups is 1. The van der Waals surface area contributed by atoms with Crippen molar-refractivity contribution in [3.05, 3.63) is 66.5 Å². The highest BCUT2D eigenvalue weighted by molar-refractivity contribution is 7.27. The van der Waals surface area contributed by atoms with Gasteiger partial charge >= 0.3 is 5.97 Å². The summed E-state index contributed by atoms with van der Waals surface area (Å²) in [5, 5.41) is 13.5. The van der Waals surface area contributed by atoms with Crippen molar-refractivity contribution in [3.8, 4) is 17.0 Å². The van der Waals surface area contributed by atoms with E-state index in [0.717, 1.165) is 35.0 Å². The number of rotatable bonds is 10. The Bertz CT molecular complexity index is 979.